The molecule has 0 saturated carbocycles. The number of hydrogen-bond acceptors (Lipinski definition) is 1. The fourth-order valence-corrected chi connectivity index (χ4v) is 2.99. The highest BCUT2D eigenvalue weighted by Crippen LogP contribution is 2.12. The van der Waals surface area contributed by atoms with Gasteiger partial charge in [-0.05, 0) is 6.42 Å². The first-order valence-corrected chi connectivity index (χ1v) is 9.84. The average molecular weight is 354 g/mol. The van der Waals surface area contributed by atoms with Crippen molar-refractivity contribution in [3.8, 4) is 0 Å². The van der Waals surface area contributed by atoms with E-state index >= 15 is 0 Å². The third-order valence-corrected chi connectivity index (χ3v) is 4.50. The van der Waals surface area contributed by atoms with Crippen LogP contribution in [0.3, 0.4) is 0 Å². The molecule has 0 radical (unpaired) electrons. The Hall–Kier alpha value is -0.890. The van der Waals surface area contributed by atoms with Gasteiger partial charge < -0.3 is 12.4 Å². The quantitative estimate of drug-likeness (QED) is 0.372. The molecule has 0 aliphatic heterocycles. The van der Waals surface area contributed by atoms with Gasteiger partial charge in [0, 0.05) is 12.1 Å². The van der Waals surface area contributed by atoms with Crippen LogP contribution in [0.15, 0.2) is 30.6 Å². The first kappa shape index (κ1) is 23.1. The summed E-state index contributed by atoms with van der Waals surface area (Å²) in [4.78, 5) is 11.9. The molecule has 0 aromatic carbocycles. The summed E-state index contributed by atoms with van der Waals surface area (Å²) in [6.45, 7) is 2.27. The predicted molar refractivity (Wildman–Crippen MR) is 97.6 cm³/mol. The molecular weight excluding hydrogens is 318 g/mol. The topological polar surface area (TPSA) is 20.9 Å². The third-order valence-electron chi connectivity index (χ3n) is 4.50. The van der Waals surface area contributed by atoms with E-state index in [4.69, 9.17) is 0 Å². The van der Waals surface area contributed by atoms with Crippen LogP contribution in [-0.2, 0) is 0 Å². The molecule has 138 valence electrons. The molecule has 1 aromatic heterocycles. The summed E-state index contributed by atoms with van der Waals surface area (Å²) in [5, 5.41) is 0. The van der Waals surface area contributed by atoms with Crippen molar-refractivity contribution >= 4 is 5.91 Å². The molecule has 0 fully saturated rings. The highest BCUT2D eigenvalue weighted by Gasteiger charge is 2.11. The van der Waals surface area contributed by atoms with E-state index in [1.807, 2.05) is 30.6 Å². The number of aromatic nitrogens is 1. The highest BCUT2D eigenvalue weighted by molar-refractivity contribution is 5.66. The molecule has 1 rings (SSSR count). The molecule has 24 heavy (non-hydrogen) atoms. The van der Waals surface area contributed by atoms with E-state index in [1.165, 1.54) is 77.0 Å². The smallest absolute Gasteiger partial charge is 0.392 e. The molecule has 2 nitrogen and oxygen atoms in total. The summed E-state index contributed by atoms with van der Waals surface area (Å²) in [5.41, 5.74) is 0. The minimum absolute atomic E-state index is 0. The molecule has 0 atom stereocenters. The van der Waals surface area contributed by atoms with Crippen molar-refractivity contribution in [1.82, 2.24) is 0 Å². The number of carbonyl (C=O) groups excluding carboxylic acids is 1. The van der Waals surface area contributed by atoms with Crippen molar-refractivity contribution < 1.29 is 21.8 Å². The standard InChI is InChI=1S/C21H36NO.ClH/c1-2-3-4-5-6-7-8-9-10-11-12-13-15-18-21(23)22-19-16-14-17-20-22;/h14,16-17,19-20H,2-13,15,18H2,1H3;1H/q+1;/p-1. The van der Waals surface area contributed by atoms with Crippen LogP contribution in [0.4, 0.5) is 0 Å². The minimum Gasteiger partial charge on any atom is -1.00 e. The molecule has 0 unspecified atom stereocenters. The summed E-state index contributed by atoms with van der Waals surface area (Å²) in [5.74, 6) is 0.216. The number of unbranched alkanes of at least 4 members (excludes halogenated alkanes) is 12. The van der Waals surface area contributed by atoms with Crippen LogP contribution < -0.4 is 17.0 Å². The van der Waals surface area contributed by atoms with Crippen LogP contribution in [0.5, 0.6) is 0 Å². The van der Waals surface area contributed by atoms with Gasteiger partial charge in [0.25, 0.3) is 0 Å². The zero-order chi connectivity index (χ0) is 16.6. The number of pyridine rings is 1. The van der Waals surface area contributed by atoms with E-state index in [1.54, 1.807) is 4.57 Å². The number of halogens is 1. The summed E-state index contributed by atoms with van der Waals surface area (Å²) in [7, 11) is 0. The summed E-state index contributed by atoms with van der Waals surface area (Å²) >= 11 is 0. The van der Waals surface area contributed by atoms with Crippen LogP contribution in [0.1, 0.15) is 102 Å². The Morgan fingerprint density at radius 3 is 1.54 bits per heavy atom. The van der Waals surface area contributed by atoms with E-state index in [9.17, 15) is 4.79 Å². The fraction of sp³-hybridized carbons (Fsp3) is 0.714. The van der Waals surface area contributed by atoms with Crippen LogP contribution in [0, 0.1) is 0 Å². The van der Waals surface area contributed by atoms with Gasteiger partial charge in [-0.15, -0.1) is 4.57 Å². The first-order valence-electron chi connectivity index (χ1n) is 9.84. The summed E-state index contributed by atoms with van der Waals surface area (Å²) < 4.78 is 1.69. The van der Waals surface area contributed by atoms with Gasteiger partial charge in [0.05, 0.1) is 6.42 Å². The molecule has 0 saturated heterocycles. The summed E-state index contributed by atoms with van der Waals surface area (Å²) in [6.07, 6.45) is 21.8. The van der Waals surface area contributed by atoms with Crippen LogP contribution >= 0.6 is 0 Å². The van der Waals surface area contributed by atoms with Crippen molar-refractivity contribution in [2.24, 2.45) is 0 Å². The Morgan fingerprint density at radius 2 is 1.08 bits per heavy atom. The van der Waals surface area contributed by atoms with Crippen molar-refractivity contribution in [2.75, 3.05) is 0 Å². The van der Waals surface area contributed by atoms with Gasteiger partial charge >= 0.3 is 5.91 Å². The van der Waals surface area contributed by atoms with E-state index in [0.717, 1.165) is 6.42 Å². The van der Waals surface area contributed by atoms with Gasteiger partial charge in [-0.25, -0.2) is 4.79 Å². The Balaban J connectivity index is 0.00000529. The van der Waals surface area contributed by atoms with E-state index in [0.29, 0.717) is 6.42 Å². The monoisotopic (exact) mass is 353 g/mol. The predicted octanol–water partition coefficient (Wildman–Crippen LogP) is 3.10. The Bertz CT molecular complexity index is 394. The maximum absolute atomic E-state index is 11.9. The lowest BCUT2D eigenvalue weighted by Gasteiger charge is -2.02. The second-order valence-corrected chi connectivity index (χ2v) is 6.67. The number of carbonyl (C=O) groups is 1. The Kier molecular flexibility index (Phi) is 16.3. The zero-order valence-electron chi connectivity index (χ0n) is 15.5. The Morgan fingerprint density at radius 1 is 0.667 bits per heavy atom. The average Bonchev–Trinajstić information content (AvgIpc) is 2.59. The molecule has 0 spiro atoms. The van der Waals surface area contributed by atoms with E-state index in [2.05, 4.69) is 6.92 Å². The van der Waals surface area contributed by atoms with E-state index < -0.39 is 0 Å². The lowest BCUT2D eigenvalue weighted by Crippen LogP contribution is -3.00. The molecule has 1 heterocycles. The lowest BCUT2D eigenvalue weighted by atomic mass is 10.0. The fourth-order valence-electron chi connectivity index (χ4n) is 2.99. The zero-order valence-corrected chi connectivity index (χ0v) is 16.3. The normalized spacial score (nSPS) is 10.4. The molecule has 0 bridgehead atoms. The SMILES string of the molecule is CCCCCCCCCCCCCCCC(=O)[n+]1ccccc1.[Cl-]. The maximum atomic E-state index is 11.9. The second kappa shape index (κ2) is 17.0. The molecule has 0 aliphatic carbocycles. The largest absolute Gasteiger partial charge is 1.00 e. The minimum atomic E-state index is 0. The van der Waals surface area contributed by atoms with Gasteiger partial charge in [0.1, 0.15) is 0 Å². The van der Waals surface area contributed by atoms with Crippen molar-refractivity contribution in [1.29, 1.82) is 0 Å². The van der Waals surface area contributed by atoms with Gasteiger partial charge in [-0.1, -0.05) is 90.0 Å². The van der Waals surface area contributed by atoms with Crippen molar-refractivity contribution in [3.05, 3.63) is 30.6 Å². The molecule has 0 aliphatic rings. The van der Waals surface area contributed by atoms with Crippen molar-refractivity contribution in [2.45, 2.75) is 96.8 Å². The number of hydrogen-bond donors (Lipinski definition) is 0. The van der Waals surface area contributed by atoms with Gasteiger partial charge in [0.2, 0.25) is 0 Å². The van der Waals surface area contributed by atoms with Crippen LogP contribution in [0.25, 0.3) is 0 Å². The van der Waals surface area contributed by atoms with Crippen LogP contribution in [0.2, 0.25) is 0 Å². The highest BCUT2D eigenvalue weighted by atomic mass is 35.5. The molecular formula is C21H36ClNO. The van der Waals surface area contributed by atoms with Gasteiger partial charge in [-0.3, -0.25) is 0 Å². The van der Waals surface area contributed by atoms with Gasteiger partial charge in [0.15, 0.2) is 12.4 Å². The summed E-state index contributed by atoms with van der Waals surface area (Å²) in [6, 6.07) is 5.75. The number of rotatable bonds is 14. The third kappa shape index (κ3) is 12.5. The number of nitrogens with zero attached hydrogens (tertiary/aromatic N) is 1. The van der Waals surface area contributed by atoms with E-state index in [-0.39, 0.29) is 18.3 Å². The van der Waals surface area contributed by atoms with Crippen molar-refractivity contribution in [3.63, 3.8) is 0 Å². The lowest BCUT2D eigenvalue weighted by molar-refractivity contribution is -0.574. The van der Waals surface area contributed by atoms with Crippen LogP contribution in [-0.4, -0.2) is 5.91 Å². The Labute approximate surface area is 155 Å². The molecule has 3 heteroatoms. The molecule has 0 amide bonds. The van der Waals surface area contributed by atoms with Gasteiger partial charge in [-0.2, -0.15) is 0 Å². The first-order chi connectivity index (χ1) is 11.3. The molecule has 1 aromatic rings. The molecule has 0 N–H and O–H groups in total. The maximum Gasteiger partial charge on any atom is 0.392 e. The second-order valence-electron chi connectivity index (χ2n) is 6.67.